The Morgan fingerprint density at radius 2 is 2.15 bits per heavy atom. The summed E-state index contributed by atoms with van der Waals surface area (Å²) in [4.78, 5) is 0. The zero-order valence-electron chi connectivity index (χ0n) is 6.99. The molecule has 1 aliphatic rings. The molecule has 0 aromatic carbocycles. The normalized spacial score (nSPS) is 18.3. The van der Waals surface area contributed by atoms with Crippen molar-refractivity contribution >= 4 is 11.6 Å². The van der Waals surface area contributed by atoms with Gasteiger partial charge in [0, 0.05) is 13.0 Å². The van der Waals surface area contributed by atoms with Crippen molar-refractivity contribution in [3.63, 3.8) is 0 Å². The lowest BCUT2D eigenvalue weighted by atomic mass is 10.2. The summed E-state index contributed by atoms with van der Waals surface area (Å²) in [6, 6.07) is 1.71. The van der Waals surface area contributed by atoms with Gasteiger partial charge >= 0.3 is 0 Å². The van der Waals surface area contributed by atoms with Crippen molar-refractivity contribution in [1.82, 2.24) is 5.16 Å². The van der Waals surface area contributed by atoms with Gasteiger partial charge in [-0.3, -0.25) is 0 Å². The van der Waals surface area contributed by atoms with E-state index in [0.29, 0.717) is 11.5 Å². The minimum absolute atomic E-state index is 0.288. The highest BCUT2D eigenvalue weighted by atomic mass is 35.5. The third-order valence-corrected chi connectivity index (χ3v) is 2.06. The van der Waals surface area contributed by atoms with E-state index in [9.17, 15) is 0 Å². The predicted octanol–water partition coefficient (Wildman–Crippen LogP) is 2.10. The molecule has 0 saturated carbocycles. The average Bonchev–Trinajstić information content (AvgIpc) is 2.72. The van der Waals surface area contributed by atoms with Crippen LogP contribution in [0.5, 0.6) is 0 Å². The molecule has 5 heteroatoms. The number of rotatable bonds is 2. The molecule has 1 aromatic rings. The lowest BCUT2D eigenvalue weighted by Gasteiger charge is -2.19. The van der Waals surface area contributed by atoms with Crippen LogP contribution >= 0.6 is 11.6 Å². The topological polar surface area (TPSA) is 44.5 Å². The lowest BCUT2D eigenvalue weighted by molar-refractivity contribution is -0.137. The lowest BCUT2D eigenvalue weighted by Crippen LogP contribution is -2.22. The van der Waals surface area contributed by atoms with Gasteiger partial charge in [-0.2, -0.15) is 0 Å². The van der Waals surface area contributed by atoms with Crippen LogP contribution in [0.25, 0.3) is 0 Å². The molecule has 1 aromatic heterocycles. The molecule has 0 saturated heterocycles. The Morgan fingerprint density at radius 3 is 2.69 bits per heavy atom. The summed E-state index contributed by atoms with van der Waals surface area (Å²) in [6.07, 6.45) is 2.93. The van der Waals surface area contributed by atoms with E-state index in [0.717, 1.165) is 0 Å². The van der Waals surface area contributed by atoms with Crippen LogP contribution in [0.15, 0.2) is 23.1 Å². The van der Waals surface area contributed by atoms with E-state index < -0.39 is 5.79 Å². The second kappa shape index (κ2) is 2.96. The Labute approximate surface area is 80.1 Å². The van der Waals surface area contributed by atoms with E-state index in [4.69, 9.17) is 25.6 Å². The second-order valence-electron chi connectivity index (χ2n) is 2.77. The summed E-state index contributed by atoms with van der Waals surface area (Å²) in [5.74, 6) is 0.0154. The summed E-state index contributed by atoms with van der Waals surface area (Å²) >= 11 is 5.56. The maximum Gasteiger partial charge on any atom is 0.294 e. The molecule has 0 radical (unpaired) electrons. The molecule has 0 aliphatic carbocycles. The van der Waals surface area contributed by atoms with Gasteiger partial charge in [0.25, 0.3) is 5.79 Å². The highest BCUT2D eigenvalue weighted by molar-refractivity contribution is 6.16. The van der Waals surface area contributed by atoms with Gasteiger partial charge in [0.05, 0.1) is 5.88 Å². The third kappa shape index (κ3) is 1.37. The van der Waals surface area contributed by atoms with Crippen LogP contribution in [-0.4, -0.2) is 5.16 Å². The van der Waals surface area contributed by atoms with Crippen molar-refractivity contribution in [1.29, 1.82) is 0 Å². The van der Waals surface area contributed by atoms with Crippen molar-refractivity contribution in [3.8, 4) is 0 Å². The van der Waals surface area contributed by atoms with E-state index in [1.165, 1.54) is 12.5 Å². The molecule has 0 spiro atoms. The summed E-state index contributed by atoms with van der Waals surface area (Å²) in [7, 11) is 0. The van der Waals surface area contributed by atoms with Crippen LogP contribution in [0.4, 0.5) is 0 Å². The minimum Gasteiger partial charge on any atom is -0.451 e. The molecule has 13 heavy (non-hydrogen) atoms. The highest BCUT2D eigenvalue weighted by Crippen LogP contribution is 2.30. The van der Waals surface area contributed by atoms with E-state index in [1.807, 2.05) is 0 Å². The van der Waals surface area contributed by atoms with Gasteiger partial charge in [0.15, 0.2) is 11.5 Å². The maximum absolute atomic E-state index is 5.56. The first-order chi connectivity index (χ1) is 6.24. The molecule has 0 fully saturated rings. The van der Waals surface area contributed by atoms with Gasteiger partial charge in [-0.05, 0) is 0 Å². The van der Waals surface area contributed by atoms with E-state index in [2.05, 4.69) is 5.16 Å². The van der Waals surface area contributed by atoms with Crippen LogP contribution in [-0.2, 0) is 21.1 Å². The Kier molecular flexibility index (Phi) is 1.92. The standard InChI is InChI=1S/C8H8ClNO3/c1-8(11-2-3-12-8)7-4-6(5-9)13-10-7/h2-4H,5H2,1H3. The first kappa shape index (κ1) is 8.44. The van der Waals surface area contributed by atoms with Gasteiger partial charge in [-0.25, -0.2) is 0 Å². The molecule has 1 aliphatic heterocycles. The van der Waals surface area contributed by atoms with Crippen LogP contribution in [0.3, 0.4) is 0 Å². The predicted molar refractivity (Wildman–Crippen MR) is 44.7 cm³/mol. The summed E-state index contributed by atoms with van der Waals surface area (Å²) in [5, 5.41) is 3.79. The van der Waals surface area contributed by atoms with Gasteiger partial charge in [0.2, 0.25) is 0 Å². The summed E-state index contributed by atoms with van der Waals surface area (Å²) in [5.41, 5.74) is 0.577. The fourth-order valence-electron chi connectivity index (χ4n) is 1.05. The first-order valence-corrected chi connectivity index (χ1v) is 4.31. The Bertz CT molecular complexity index is 326. The molecule has 0 N–H and O–H groups in total. The molecule has 70 valence electrons. The number of hydrogen-bond acceptors (Lipinski definition) is 4. The van der Waals surface area contributed by atoms with E-state index >= 15 is 0 Å². The van der Waals surface area contributed by atoms with E-state index in [1.54, 1.807) is 13.0 Å². The molecule has 4 nitrogen and oxygen atoms in total. The first-order valence-electron chi connectivity index (χ1n) is 3.77. The molecular weight excluding hydrogens is 194 g/mol. The van der Waals surface area contributed by atoms with Gasteiger partial charge in [0.1, 0.15) is 12.5 Å². The molecule has 0 bridgehead atoms. The van der Waals surface area contributed by atoms with Crippen molar-refractivity contribution in [2.75, 3.05) is 0 Å². The fourth-order valence-corrected chi connectivity index (χ4v) is 1.18. The second-order valence-corrected chi connectivity index (χ2v) is 3.03. The summed E-state index contributed by atoms with van der Waals surface area (Å²) < 4.78 is 15.4. The number of hydrogen-bond donors (Lipinski definition) is 0. The Hall–Kier alpha value is -1.16. The molecular formula is C8H8ClNO3. The third-order valence-electron chi connectivity index (χ3n) is 1.80. The molecule has 0 atom stereocenters. The number of alkyl halides is 1. The largest absolute Gasteiger partial charge is 0.451 e. The molecule has 0 unspecified atom stereocenters. The number of halogens is 1. The average molecular weight is 202 g/mol. The molecule has 0 amide bonds. The smallest absolute Gasteiger partial charge is 0.294 e. The number of aromatic nitrogens is 1. The van der Waals surface area contributed by atoms with E-state index in [-0.39, 0.29) is 5.88 Å². The zero-order chi connectivity index (χ0) is 9.31. The van der Waals surface area contributed by atoms with Crippen molar-refractivity contribution in [3.05, 3.63) is 30.0 Å². The van der Waals surface area contributed by atoms with Crippen molar-refractivity contribution in [2.45, 2.75) is 18.6 Å². The highest BCUT2D eigenvalue weighted by Gasteiger charge is 2.35. The fraction of sp³-hybridized carbons (Fsp3) is 0.375. The Morgan fingerprint density at radius 1 is 1.46 bits per heavy atom. The van der Waals surface area contributed by atoms with Crippen molar-refractivity contribution < 1.29 is 14.0 Å². The van der Waals surface area contributed by atoms with Crippen LogP contribution in [0, 0.1) is 0 Å². The molecule has 2 heterocycles. The minimum atomic E-state index is -0.867. The SMILES string of the molecule is CC1(c2cc(CCl)on2)OC=CO1. The number of nitrogens with zero attached hydrogens (tertiary/aromatic N) is 1. The maximum atomic E-state index is 5.56. The van der Waals surface area contributed by atoms with Gasteiger partial charge in [-0.1, -0.05) is 5.16 Å². The van der Waals surface area contributed by atoms with Crippen LogP contribution in [0.2, 0.25) is 0 Å². The van der Waals surface area contributed by atoms with Crippen LogP contribution < -0.4 is 0 Å². The van der Waals surface area contributed by atoms with Gasteiger partial charge < -0.3 is 14.0 Å². The monoisotopic (exact) mass is 201 g/mol. The van der Waals surface area contributed by atoms with Gasteiger partial charge in [-0.15, -0.1) is 11.6 Å². The Balaban J connectivity index is 2.24. The molecule has 2 rings (SSSR count). The number of ether oxygens (including phenoxy) is 2. The van der Waals surface area contributed by atoms with Crippen molar-refractivity contribution in [2.24, 2.45) is 0 Å². The van der Waals surface area contributed by atoms with Crippen LogP contribution in [0.1, 0.15) is 18.4 Å². The summed E-state index contributed by atoms with van der Waals surface area (Å²) in [6.45, 7) is 1.75. The quantitative estimate of drug-likeness (QED) is 0.688. The zero-order valence-corrected chi connectivity index (χ0v) is 7.75.